The third-order valence-electron chi connectivity index (χ3n) is 1.66. The highest BCUT2D eigenvalue weighted by molar-refractivity contribution is 6.32. The molecule has 3 nitrogen and oxygen atoms in total. The van der Waals surface area contributed by atoms with Gasteiger partial charge in [0.05, 0.1) is 13.7 Å². The van der Waals surface area contributed by atoms with Crippen molar-refractivity contribution >= 4 is 11.6 Å². The van der Waals surface area contributed by atoms with Crippen molar-refractivity contribution in [2.75, 3.05) is 7.11 Å². The first-order valence-electron chi connectivity index (χ1n) is 3.72. The quantitative estimate of drug-likeness (QED) is 0.854. The summed E-state index contributed by atoms with van der Waals surface area (Å²) in [7, 11) is 1.29. The second-order valence-corrected chi connectivity index (χ2v) is 2.85. The SMILES string of the molecule is COc1c(CO)cnc(C(F)F)c1Cl. The molecule has 0 bridgehead atoms. The van der Waals surface area contributed by atoms with Gasteiger partial charge in [-0.05, 0) is 0 Å². The van der Waals surface area contributed by atoms with Crippen molar-refractivity contribution in [1.29, 1.82) is 0 Å². The molecule has 0 unspecified atom stereocenters. The summed E-state index contributed by atoms with van der Waals surface area (Å²) in [5.41, 5.74) is -0.261. The van der Waals surface area contributed by atoms with E-state index in [4.69, 9.17) is 21.4 Å². The van der Waals surface area contributed by atoms with Gasteiger partial charge in [-0.15, -0.1) is 0 Å². The van der Waals surface area contributed by atoms with Gasteiger partial charge in [0, 0.05) is 11.8 Å². The maximum atomic E-state index is 12.3. The fraction of sp³-hybridized carbons (Fsp3) is 0.375. The topological polar surface area (TPSA) is 42.4 Å². The van der Waals surface area contributed by atoms with E-state index in [2.05, 4.69) is 4.98 Å². The molecule has 1 aromatic rings. The van der Waals surface area contributed by atoms with Gasteiger partial charge in [0.25, 0.3) is 6.43 Å². The van der Waals surface area contributed by atoms with Crippen molar-refractivity contribution in [3.05, 3.63) is 22.5 Å². The highest BCUT2D eigenvalue weighted by atomic mass is 35.5. The Morgan fingerprint density at radius 2 is 2.29 bits per heavy atom. The van der Waals surface area contributed by atoms with Gasteiger partial charge in [0.15, 0.2) is 0 Å². The van der Waals surface area contributed by atoms with Crippen LogP contribution in [0.2, 0.25) is 5.02 Å². The first kappa shape index (κ1) is 11.1. The largest absolute Gasteiger partial charge is 0.495 e. The van der Waals surface area contributed by atoms with Crippen LogP contribution in [-0.4, -0.2) is 17.2 Å². The highest BCUT2D eigenvalue weighted by Crippen LogP contribution is 2.35. The van der Waals surface area contributed by atoms with Gasteiger partial charge in [-0.2, -0.15) is 0 Å². The lowest BCUT2D eigenvalue weighted by Gasteiger charge is -2.10. The van der Waals surface area contributed by atoms with E-state index in [1.807, 2.05) is 0 Å². The Balaban J connectivity index is 3.27. The number of aliphatic hydroxyl groups excluding tert-OH is 1. The molecule has 1 heterocycles. The molecular weight excluding hydrogens is 216 g/mol. The number of methoxy groups -OCH3 is 1. The molecular formula is C8H8ClF2NO2. The molecule has 0 aliphatic carbocycles. The highest BCUT2D eigenvalue weighted by Gasteiger charge is 2.19. The van der Waals surface area contributed by atoms with Crippen LogP contribution >= 0.6 is 11.6 Å². The minimum absolute atomic E-state index is 0.0412. The summed E-state index contributed by atoms with van der Waals surface area (Å²) in [5.74, 6) is 0.0412. The van der Waals surface area contributed by atoms with Crippen LogP contribution in [0.15, 0.2) is 6.20 Å². The van der Waals surface area contributed by atoms with E-state index < -0.39 is 12.1 Å². The number of hydrogen-bond acceptors (Lipinski definition) is 3. The van der Waals surface area contributed by atoms with Crippen molar-refractivity contribution < 1.29 is 18.6 Å². The third-order valence-corrected chi connectivity index (χ3v) is 2.02. The van der Waals surface area contributed by atoms with Crippen molar-refractivity contribution in [3.8, 4) is 5.75 Å². The summed E-state index contributed by atoms with van der Waals surface area (Å²) < 4.78 is 29.4. The number of rotatable bonds is 3. The van der Waals surface area contributed by atoms with Gasteiger partial charge in [-0.3, -0.25) is 4.98 Å². The van der Waals surface area contributed by atoms with E-state index in [9.17, 15) is 8.78 Å². The van der Waals surface area contributed by atoms with Crippen LogP contribution in [0.3, 0.4) is 0 Å². The van der Waals surface area contributed by atoms with Crippen molar-refractivity contribution in [2.45, 2.75) is 13.0 Å². The van der Waals surface area contributed by atoms with E-state index in [1.54, 1.807) is 0 Å². The molecule has 0 saturated heterocycles. The molecule has 0 aliphatic heterocycles. The van der Waals surface area contributed by atoms with Crippen LogP contribution < -0.4 is 4.74 Å². The Morgan fingerprint density at radius 3 is 2.71 bits per heavy atom. The summed E-state index contributed by atoms with van der Waals surface area (Å²) in [6.45, 7) is -0.362. The van der Waals surface area contributed by atoms with Crippen LogP contribution in [0.4, 0.5) is 8.78 Å². The zero-order chi connectivity index (χ0) is 10.7. The molecule has 0 atom stereocenters. The lowest BCUT2D eigenvalue weighted by Crippen LogP contribution is -1.99. The smallest absolute Gasteiger partial charge is 0.281 e. The van der Waals surface area contributed by atoms with Crippen molar-refractivity contribution in [2.24, 2.45) is 0 Å². The number of aromatic nitrogens is 1. The monoisotopic (exact) mass is 223 g/mol. The van der Waals surface area contributed by atoms with Crippen LogP contribution in [0.1, 0.15) is 17.7 Å². The molecule has 0 spiro atoms. The Labute approximate surface area is 84.3 Å². The molecule has 0 amide bonds. The van der Waals surface area contributed by atoms with Gasteiger partial charge < -0.3 is 9.84 Å². The van der Waals surface area contributed by atoms with Crippen LogP contribution in [-0.2, 0) is 6.61 Å². The number of hydrogen-bond donors (Lipinski definition) is 1. The Kier molecular flexibility index (Phi) is 3.60. The van der Waals surface area contributed by atoms with Crippen LogP contribution in [0, 0.1) is 0 Å². The minimum Gasteiger partial charge on any atom is -0.495 e. The molecule has 1 aromatic heterocycles. The molecule has 0 fully saturated rings. The molecule has 1 rings (SSSR count). The average Bonchev–Trinajstić information content (AvgIpc) is 2.16. The maximum Gasteiger partial charge on any atom is 0.281 e. The van der Waals surface area contributed by atoms with Gasteiger partial charge in [-0.1, -0.05) is 11.6 Å². The van der Waals surface area contributed by atoms with Gasteiger partial charge >= 0.3 is 0 Å². The Hall–Kier alpha value is -0.940. The lowest BCUT2D eigenvalue weighted by atomic mass is 10.2. The summed E-state index contributed by atoms with van der Waals surface area (Å²) in [6.07, 6.45) is -1.64. The number of nitrogens with zero attached hydrogens (tertiary/aromatic N) is 1. The second kappa shape index (κ2) is 4.52. The molecule has 0 radical (unpaired) electrons. The maximum absolute atomic E-state index is 12.3. The first-order chi connectivity index (χ1) is 6.61. The molecule has 0 saturated carbocycles. The Morgan fingerprint density at radius 1 is 1.64 bits per heavy atom. The average molecular weight is 224 g/mol. The van der Waals surface area contributed by atoms with Crippen molar-refractivity contribution in [1.82, 2.24) is 4.98 Å². The first-order valence-corrected chi connectivity index (χ1v) is 4.09. The summed E-state index contributed by atoms with van der Waals surface area (Å²) >= 11 is 5.61. The zero-order valence-electron chi connectivity index (χ0n) is 7.30. The Bertz CT molecular complexity index is 333. The number of aliphatic hydroxyl groups is 1. The van der Waals surface area contributed by atoms with Gasteiger partial charge in [0.1, 0.15) is 16.5 Å². The fourth-order valence-corrected chi connectivity index (χ4v) is 1.34. The predicted molar refractivity (Wildman–Crippen MR) is 46.7 cm³/mol. The summed E-state index contributed by atoms with van der Waals surface area (Å²) in [6, 6.07) is 0. The molecule has 1 N–H and O–H groups in total. The number of halogens is 3. The number of pyridine rings is 1. The number of alkyl halides is 2. The molecule has 0 aliphatic rings. The van der Waals surface area contributed by atoms with Crippen LogP contribution in [0.25, 0.3) is 0 Å². The zero-order valence-corrected chi connectivity index (χ0v) is 8.05. The summed E-state index contributed by atoms with van der Waals surface area (Å²) in [5, 5.41) is 8.58. The van der Waals surface area contributed by atoms with Gasteiger partial charge in [0.2, 0.25) is 0 Å². The van der Waals surface area contributed by atoms with E-state index >= 15 is 0 Å². The van der Waals surface area contributed by atoms with E-state index in [-0.39, 0.29) is 22.9 Å². The van der Waals surface area contributed by atoms with E-state index in [0.29, 0.717) is 0 Å². The lowest BCUT2D eigenvalue weighted by molar-refractivity contribution is 0.145. The minimum atomic E-state index is -2.76. The number of ether oxygens (including phenoxy) is 1. The molecule has 6 heteroatoms. The van der Waals surface area contributed by atoms with E-state index in [0.717, 1.165) is 6.20 Å². The predicted octanol–water partition coefficient (Wildman–Crippen LogP) is 2.17. The van der Waals surface area contributed by atoms with Crippen LogP contribution in [0.5, 0.6) is 5.75 Å². The second-order valence-electron chi connectivity index (χ2n) is 2.47. The summed E-state index contributed by atoms with van der Waals surface area (Å²) in [4.78, 5) is 3.44. The van der Waals surface area contributed by atoms with Crippen molar-refractivity contribution in [3.63, 3.8) is 0 Å². The normalized spacial score (nSPS) is 10.7. The third kappa shape index (κ3) is 1.93. The van der Waals surface area contributed by atoms with E-state index in [1.165, 1.54) is 7.11 Å². The van der Waals surface area contributed by atoms with Gasteiger partial charge in [-0.25, -0.2) is 8.78 Å². The standard InChI is InChI=1S/C8H8ClF2NO2/c1-14-7-4(3-13)2-12-6(5(7)9)8(10)11/h2,8,13H,3H2,1H3. The molecule has 78 valence electrons. The fourth-order valence-electron chi connectivity index (χ4n) is 1.01. The molecule has 0 aromatic carbocycles. The molecule has 14 heavy (non-hydrogen) atoms.